The third-order valence-corrected chi connectivity index (χ3v) is 4.43. The molecule has 0 atom stereocenters. The predicted molar refractivity (Wildman–Crippen MR) is 67.0 cm³/mol. The van der Waals surface area contributed by atoms with Crippen molar-refractivity contribution in [3.8, 4) is 0 Å². The standard InChI is InChI=1S/C10H12N2O2S2/c13-16(14)10-5-2-1-4-9(10)11-8-12(16)6-3-7-15/h1-2,4-5,8,15H,3,6-7H2. The molecule has 0 spiro atoms. The first-order valence-corrected chi connectivity index (χ1v) is 6.99. The van der Waals surface area contributed by atoms with E-state index in [1.165, 1.54) is 10.6 Å². The van der Waals surface area contributed by atoms with Crippen molar-refractivity contribution < 1.29 is 8.42 Å². The third-order valence-electron chi connectivity index (χ3n) is 2.31. The maximum absolute atomic E-state index is 12.1. The molecular formula is C10H12N2O2S2. The van der Waals surface area contributed by atoms with Crippen molar-refractivity contribution >= 4 is 34.7 Å². The molecule has 0 aliphatic carbocycles. The molecule has 0 amide bonds. The van der Waals surface area contributed by atoms with Crippen LogP contribution in [-0.4, -0.2) is 31.4 Å². The molecule has 1 aromatic rings. The van der Waals surface area contributed by atoms with E-state index in [4.69, 9.17) is 0 Å². The maximum Gasteiger partial charge on any atom is 0.267 e. The summed E-state index contributed by atoms with van der Waals surface area (Å²) >= 11 is 4.07. The minimum Gasteiger partial charge on any atom is -0.256 e. The molecule has 0 N–H and O–H groups in total. The van der Waals surface area contributed by atoms with Crippen LogP contribution in [0.5, 0.6) is 0 Å². The topological polar surface area (TPSA) is 49.7 Å². The minimum atomic E-state index is -3.41. The van der Waals surface area contributed by atoms with Gasteiger partial charge in [-0.3, -0.25) is 4.31 Å². The average molecular weight is 256 g/mol. The Morgan fingerprint density at radius 3 is 2.81 bits per heavy atom. The lowest BCUT2D eigenvalue weighted by atomic mass is 10.3. The van der Waals surface area contributed by atoms with Crippen LogP contribution in [0.4, 0.5) is 5.69 Å². The summed E-state index contributed by atoms with van der Waals surface area (Å²) in [5, 5.41) is 0. The Balaban J connectivity index is 2.39. The van der Waals surface area contributed by atoms with E-state index in [-0.39, 0.29) is 4.90 Å². The SMILES string of the molecule is O=S1(=O)c2ccccc2N=CN1CCCS. The first-order chi connectivity index (χ1) is 7.66. The molecule has 1 aromatic carbocycles. The van der Waals surface area contributed by atoms with E-state index < -0.39 is 10.0 Å². The van der Waals surface area contributed by atoms with Crippen molar-refractivity contribution in [2.75, 3.05) is 12.3 Å². The van der Waals surface area contributed by atoms with Crippen molar-refractivity contribution in [1.82, 2.24) is 4.31 Å². The van der Waals surface area contributed by atoms with Crippen LogP contribution in [0.3, 0.4) is 0 Å². The van der Waals surface area contributed by atoms with Crippen LogP contribution in [0, 0.1) is 0 Å². The van der Waals surface area contributed by atoms with Gasteiger partial charge in [0.15, 0.2) is 0 Å². The Morgan fingerprint density at radius 2 is 2.06 bits per heavy atom. The van der Waals surface area contributed by atoms with Gasteiger partial charge in [-0.25, -0.2) is 13.4 Å². The number of aliphatic imine (C=N–C) groups is 1. The molecule has 0 unspecified atom stereocenters. The predicted octanol–water partition coefficient (Wildman–Crippen LogP) is 1.67. The fourth-order valence-corrected chi connectivity index (χ4v) is 3.07. The molecule has 0 radical (unpaired) electrons. The Labute approximate surface area is 100 Å². The highest BCUT2D eigenvalue weighted by Crippen LogP contribution is 2.29. The van der Waals surface area contributed by atoms with Crippen molar-refractivity contribution in [3.63, 3.8) is 0 Å². The summed E-state index contributed by atoms with van der Waals surface area (Å²) in [6.07, 6.45) is 2.08. The highest BCUT2D eigenvalue weighted by atomic mass is 32.2. The zero-order valence-corrected chi connectivity index (χ0v) is 10.3. The number of fused-ring (bicyclic) bond motifs is 1. The molecular weight excluding hydrogens is 244 g/mol. The van der Waals surface area contributed by atoms with Gasteiger partial charge in [-0.05, 0) is 24.3 Å². The summed E-state index contributed by atoms with van der Waals surface area (Å²) in [5.74, 6) is 0.654. The van der Waals surface area contributed by atoms with Crippen LogP contribution in [-0.2, 0) is 10.0 Å². The number of hydrogen-bond donors (Lipinski definition) is 1. The van der Waals surface area contributed by atoms with Crippen LogP contribution in [0.2, 0.25) is 0 Å². The molecule has 6 heteroatoms. The lowest BCUT2D eigenvalue weighted by molar-refractivity contribution is 0.522. The van der Waals surface area contributed by atoms with Crippen LogP contribution in [0.25, 0.3) is 0 Å². The Hall–Kier alpha value is -1.01. The van der Waals surface area contributed by atoms with E-state index in [2.05, 4.69) is 17.6 Å². The second-order valence-corrected chi connectivity index (χ2v) is 5.71. The number of thiol groups is 1. The number of benzene rings is 1. The number of sulfonamides is 1. The van der Waals surface area contributed by atoms with E-state index in [1.807, 2.05) is 0 Å². The average Bonchev–Trinajstić information content (AvgIpc) is 2.28. The van der Waals surface area contributed by atoms with Gasteiger partial charge >= 0.3 is 0 Å². The Morgan fingerprint density at radius 1 is 1.31 bits per heavy atom. The maximum atomic E-state index is 12.1. The van der Waals surface area contributed by atoms with Crippen molar-refractivity contribution in [2.24, 2.45) is 4.99 Å². The molecule has 16 heavy (non-hydrogen) atoms. The normalized spacial score (nSPS) is 17.2. The number of rotatable bonds is 3. The quantitative estimate of drug-likeness (QED) is 0.836. The second-order valence-electron chi connectivity index (χ2n) is 3.41. The molecule has 1 aliphatic rings. The summed E-state index contributed by atoms with van der Waals surface area (Å²) < 4.78 is 25.5. The van der Waals surface area contributed by atoms with E-state index in [1.54, 1.807) is 24.3 Å². The first-order valence-electron chi connectivity index (χ1n) is 4.92. The molecule has 1 aliphatic heterocycles. The zero-order valence-electron chi connectivity index (χ0n) is 8.57. The van der Waals surface area contributed by atoms with E-state index in [0.29, 0.717) is 24.4 Å². The van der Waals surface area contributed by atoms with E-state index in [0.717, 1.165) is 0 Å². The molecule has 1 heterocycles. The lowest BCUT2D eigenvalue weighted by Gasteiger charge is -2.23. The Kier molecular flexibility index (Phi) is 3.20. The van der Waals surface area contributed by atoms with Crippen LogP contribution in [0.1, 0.15) is 6.42 Å². The molecule has 0 saturated heterocycles. The van der Waals surface area contributed by atoms with E-state index in [9.17, 15) is 8.42 Å². The first kappa shape index (κ1) is 11.5. The van der Waals surface area contributed by atoms with Crippen LogP contribution in [0.15, 0.2) is 34.2 Å². The van der Waals surface area contributed by atoms with Gasteiger partial charge in [-0.15, -0.1) is 0 Å². The fraction of sp³-hybridized carbons (Fsp3) is 0.300. The molecule has 4 nitrogen and oxygen atoms in total. The van der Waals surface area contributed by atoms with Gasteiger partial charge in [0, 0.05) is 6.54 Å². The summed E-state index contributed by atoms with van der Waals surface area (Å²) in [6, 6.07) is 6.75. The van der Waals surface area contributed by atoms with Crippen molar-refractivity contribution in [2.45, 2.75) is 11.3 Å². The Bertz CT molecular complexity index is 511. The van der Waals surface area contributed by atoms with Crippen LogP contribution < -0.4 is 0 Å². The highest BCUT2D eigenvalue weighted by Gasteiger charge is 2.27. The minimum absolute atomic E-state index is 0.275. The number of nitrogens with zero attached hydrogens (tertiary/aromatic N) is 2. The monoisotopic (exact) mass is 256 g/mol. The van der Waals surface area contributed by atoms with Gasteiger partial charge in [0.1, 0.15) is 11.2 Å². The number of para-hydroxylation sites is 1. The summed E-state index contributed by atoms with van der Waals surface area (Å²) in [7, 11) is -3.41. The lowest BCUT2D eigenvalue weighted by Crippen LogP contribution is -2.33. The molecule has 0 aromatic heterocycles. The molecule has 2 rings (SSSR count). The highest BCUT2D eigenvalue weighted by molar-refractivity contribution is 7.89. The van der Waals surface area contributed by atoms with Crippen LogP contribution >= 0.6 is 12.6 Å². The van der Waals surface area contributed by atoms with Gasteiger partial charge in [0.25, 0.3) is 10.0 Å². The molecule has 0 saturated carbocycles. The largest absolute Gasteiger partial charge is 0.267 e. The summed E-state index contributed by atoms with van der Waals surface area (Å²) in [4.78, 5) is 4.39. The molecule has 86 valence electrons. The zero-order chi connectivity index (χ0) is 11.6. The number of hydrogen-bond acceptors (Lipinski definition) is 4. The second kappa shape index (κ2) is 4.47. The van der Waals surface area contributed by atoms with Gasteiger partial charge < -0.3 is 0 Å². The van der Waals surface area contributed by atoms with Gasteiger partial charge in [-0.1, -0.05) is 12.1 Å². The molecule has 0 bridgehead atoms. The smallest absolute Gasteiger partial charge is 0.256 e. The van der Waals surface area contributed by atoms with Crippen molar-refractivity contribution in [3.05, 3.63) is 24.3 Å². The fourth-order valence-electron chi connectivity index (χ4n) is 1.50. The van der Waals surface area contributed by atoms with Gasteiger partial charge in [0.05, 0.1) is 5.69 Å². The van der Waals surface area contributed by atoms with Gasteiger partial charge in [-0.2, -0.15) is 12.6 Å². The summed E-state index contributed by atoms with van der Waals surface area (Å²) in [6.45, 7) is 0.420. The van der Waals surface area contributed by atoms with E-state index >= 15 is 0 Å². The third kappa shape index (κ3) is 1.94. The summed E-state index contributed by atoms with van der Waals surface area (Å²) in [5.41, 5.74) is 0.504. The van der Waals surface area contributed by atoms with Gasteiger partial charge in [0.2, 0.25) is 0 Å². The van der Waals surface area contributed by atoms with Crippen molar-refractivity contribution in [1.29, 1.82) is 0 Å². The molecule has 0 fully saturated rings.